The van der Waals surface area contributed by atoms with Crippen LogP contribution in [0.15, 0.2) is 0 Å². The second-order valence-corrected chi connectivity index (χ2v) is 4.89. The molecular formula is C14H30N4O2. The van der Waals surface area contributed by atoms with Gasteiger partial charge in [-0.05, 0) is 25.8 Å². The van der Waals surface area contributed by atoms with Crippen molar-refractivity contribution in [3.63, 3.8) is 0 Å². The third-order valence-corrected chi connectivity index (χ3v) is 2.90. The van der Waals surface area contributed by atoms with E-state index in [0.29, 0.717) is 19.5 Å². The lowest BCUT2D eigenvalue weighted by Gasteiger charge is -2.12. The minimum absolute atomic E-state index is 0.0555. The number of nitrogens with one attached hydrogen (secondary N) is 3. The molecule has 0 fully saturated rings. The highest BCUT2D eigenvalue weighted by Gasteiger charge is 2.14. The van der Waals surface area contributed by atoms with Crippen molar-refractivity contribution in [1.29, 1.82) is 0 Å². The van der Waals surface area contributed by atoms with Crippen molar-refractivity contribution < 1.29 is 9.59 Å². The first kappa shape index (κ1) is 18.9. The van der Waals surface area contributed by atoms with Crippen LogP contribution in [-0.2, 0) is 9.59 Å². The van der Waals surface area contributed by atoms with Gasteiger partial charge >= 0.3 is 0 Å². The lowest BCUT2D eigenvalue weighted by molar-refractivity contribution is -0.123. The number of nitrogens with two attached hydrogens (primary N) is 1. The summed E-state index contributed by atoms with van der Waals surface area (Å²) < 4.78 is 0. The first-order valence-electron chi connectivity index (χ1n) is 7.62. The quantitative estimate of drug-likeness (QED) is 0.383. The number of carbonyl (C=O) groups excluding carboxylic acids is 2. The minimum Gasteiger partial charge on any atom is -0.355 e. The van der Waals surface area contributed by atoms with Crippen LogP contribution in [0.5, 0.6) is 0 Å². The number of hydrogen-bond acceptors (Lipinski definition) is 4. The predicted octanol–water partition coefficient (Wildman–Crippen LogP) is 0.126. The SMILES string of the molecule is CCCCNC(=O)C(N)CCC(=O)NCCNCCC. The standard InChI is InChI=1S/C14H30N4O2/c1-3-5-9-18-14(20)12(15)6-7-13(19)17-11-10-16-8-4-2/h12,16H,3-11,15H2,1-2H3,(H,17,19)(H,18,20). The van der Waals surface area contributed by atoms with Crippen LogP contribution in [0.1, 0.15) is 46.0 Å². The second-order valence-electron chi connectivity index (χ2n) is 4.89. The van der Waals surface area contributed by atoms with E-state index in [1.165, 1.54) is 0 Å². The monoisotopic (exact) mass is 286 g/mol. The Balaban J connectivity index is 3.59. The fourth-order valence-corrected chi connectivity index (χ4v) is 1.62. The summed E-state index contributed by atoms with van der Waals surface area (Å²) in [6.07, 6.45) is 3.73. The van der Waals surface area contributed by atoms with E-state index in [1.54, 1.807) is 0 Å². The van der Waals surface area contributed by atoms with E-state index in [0.717, 1.165) is 32.4 Å². The van der Waals surface area contributed by atoms with Crippen LogP contribution < -0.4 is 21.7 Å². The summed E-state index contributed by atoms with van der Waals surface area (Å²) in [4.78, 5) is 23.1. The van der Waals surface area contributed by atoms with Crippen molar-refractivity contribution >= 4 is 11.8 Å². The van der Waals surface area contributed by atoms with Crippen molar-refractivity contribution in [3.8, 4) is 0 Å². The fourth-order valence-electron chi connectivity index (χ4n) is 1.62. The zero-order valence-corrected chi connectivity index (χ0v) is 12.8. The molecule has 0 spiro atoms. The molecule has 0 aliphatic heterocycles. The predicted molar refractivity (Wildman–Crippen MR) is 81.3 cm³/mol. The van der Waals surface area contributed by atoms with Gasteiger partial charge in [0.1, 0.15) is 0 Å². The Morgan fingerprint density at radius 3 is 2.40 bits per heavy atom. The van der Waals surface area contributed by atoms with E-state index in [2.05, 4.69) is 29.8 Å². The molecule has 0 rings (SSSR count). The van der Waals surface area contributed by atoms with Gasteiger partial charge in [-0.2, -0.15) is 0 Å². The van der Waals surface area contributed by atoms with E-state index in [1.807, 2.05) is 0 Å². The first-order valence-corrected chi connectivity index (χ1v) is 7.62. The molecule has 0 aliphatic rings. The van der Waals surface area contributed by atoms with Gasteiger partial charge in [0.05, 0.1) is 6.04 Å². The molecule has 0 aromatic carbocycles. The van der Waals surface area contributed by atoms with Crippen LogP contribution in [0.3, 0.4) is 0 Å². The molecule has 0 aromatic rings. The first-order chi connectivity index (χ1) is 9.61. The van der Waals surface area contributed by atoms with Gasteiger partial charge in [-0.1, -0.05) is 20.3 Å². The molecule has 2 amide bonds. The maximum absolute atomic E-state index is 11.6. The van der Waals surface area contributed by atoms with Gasteiger partial charge in [0.15, 0.2) is 0 Å². The molecule has 0 aliphatic carbocycles. The van der Waals surface area contributed by atoms with E-state index < -0.39 is 6.04 Å². The Morgan fingerprint density at radius 2 is 1.75 bits per heavy atom. The minimum atomic E-state index is -0.601. The van der Waals surface area contributed by atoms with E-state index >= 15 is 0 Å². The summed E-state index contributed by atoms with van der Waals surface area (Å²) in [7, 11) is 0. The summed E-state index contributed by atoms with van der Waals surface area (Å²) in [6.45, 7) is 7.14. The van der Waals surface area contributed by atoms with Gasteiger partial charge in [-0.3, -0.25) is 9.59 Å². The largest absolute Gasteiger partial charge is 0.355 e. The third-order valence-electron chi connectivity index (χ3n) is 2.90. The molecule has 0 saturated carbocycles. The topological polar surface area (TPSA) is 96.2 Å². The number of hydrogen-bond donors (Lipinski definition) is 4. The Hall–Kier alpha value is -1.14. The van der Waals surface area contributed by atoms with Crippen LogP contribution in [0, 0.1) is 0 Å². The molecule has 0 aromatic heterocycles. The number of rotatable bonds is 12. The van der Waals surface area contributed by atoms with Crippen LogP contribution in [0.2, 0.25) is 0 Å². The smallest absolute Gasteiger partial charge is 0.236 e. The van der Waals surface area contributed by atoms with Crippen molar-refractivity contribution in [1.82, 2.24) is 16.0 Å². The van der Waals surface area contributed by atoms with E-state index in [9.17, 15) is 9.59 Å². The molecule has 0 bridgehead atoms. The molecular weight excluding hydrogens is 256 g/mol. The molecule has 1 unspecified atom stereocenters. The van der Waals surface area contributed by atoms with Crippen molar-refractivity contribution in [2.45, 2.75) is 52.0 Å². The normalized spacial score (nSPS) is 11.9. The Kier molecular flexibility index (Phi) is 12.1. The highest BCUT2D eigenvalue weighted by molar-refractivity contribution is 5.82. The maximum atomic E-state index is 11.6. The van der Waals surface area contributed by atoms with Gasteiger partial charge in [-0.15, -0.1) is 0 Å². The molecule has 0 saturated heterocycles. The van der Waals surface area contributed by atoms with Crippen LogP contribution in [-0.4, -0.2) is 44.0 Å². The molecule has 6 nitrogen and oxygen atoms in total. The fraction of sp³-hybridized carbons (Fsp3) is 0.857. The zero-order chi connectivity index (χ0) is 15.2. The number of unbranched alkanes of at least 4 members (excludes halogenated alkanes) is 1. The molecule has 5 N–H and O–H groups in total. The van der Waals surface area contributed by atoms with Gasteiger partial charge in [0.2, 0.25) is 11.8 Å². The lowest BCUT2D eigenvalue weighted by atomic mass is 10.1. The summed E-state index contributed by atoms with van der Waals surface area (Å²) in [5.74, 6) is -0.226. The van der Waals surface area contributed by atoms with Crippen LogP contribution >= 0.6 is 0 Å². The Labute approximate surface area is 122 Å². The molecule has 6 heteroatoms. The highest BCUT2D eigenvalue weighted by atomic mass is 16.2. The molecule has 20 heavy (non-hydrogen) atoms. The summed E-state index contributed by atoms with van der Waals surface area (Å²) in [5, 5.41) is 8.77. The molecule has 0 radical (unpaired) electrons. The maximum Gasteiger partial charge on any atom is 0.236 e. The molecule has 118 valence electrons. The summed E-state index contributed by atoms with van der Waals surface area (Å²) in [5.41, 5.74) is 5.74. The van der Waals surface area contributed by atoms with Gasteiger partial charge in [0.25, 0.3) is 0 Å². The summed E-state index contributed by atoms with van der Waals surface area (Å²) in [6, 6.07) is -0.601. The van der Waals surface area contributed by atoms with Crippen molar-refractivity contribution in [2.75, 3.05) is 26.2 Å². The number of amides is 2. The second kappa shape index (κ2) is 12.9. The van der Waals surface area contributed by atoms with Gasteiger partial charge in [-0.25, -0.2) is 0 Å². The van der Waals surface area contributed by atoms with Crippen molar-refractivity contribution in [2.24, 2.45) is 5.73 Å². The average molecular weight is 286 g/mol. The highest BCUT2D eigenvalue weighted by Crippen LogP contribution is 1.95. The third kappa shape index (κ3) is 10.8. The zero-order valence-electron chi connectivity index (χ0n) is 12.8. The molecule has 0 heterocycles. The van der Waals surface area contributed by atoms with Crippen LogP contribution in [0.25, 0.3) is 0 Å². The summed E-state index contributed by atoms with van der Waals surface area (Å²) >= 11 is 0. The Bertz CT molecular complexity index is 272. The van der Waals surface area contributed by atoms with Gasteiger partial charge in [0, 0.05) is 26.1 Å². The van der Waals surface area contributed by atoms with Crippen LogP contribution in [0.4, 0.5) is 0 Å². The number of carbonyl (C=O) groups is 2. The lowest BCUT2D eigenvalue weighted by Crippen LogP contribution is -2.42. The van der Waals surface area contributed by atoms with E-state index in [-0.39, 0.29) is 18.2 Å². The van der Waals surface area contributed by atoms with Crippen molar-refractivity contribution in [3.05, 3.63) is 0 Å². The average Bonchev–Trinajstić information content (AvgIpc) is 2.44. The molecule has 1 atom stereocenters. The van der Waals surface area contributed by atoms with E-state index in [4.69, 9.17) is 5.73 Å². The van der Waals surface area contributed by atoms with Gasteiger partial charge < -0.3 is 21.7 Å². The Morgan fingerprint density at radius 1 is 1.00 bits per heavy atom.